The van der Waals surface area contributed by atoms with Crippen molar-refractivity contribution in [2.75, 3.05) is 13.3 Å². The van der Waals surface area contributed by atoms with Crippen LogP contribution in [0.1, 0.15) is 61.6 Å². The van der Waals surface area contributed by atoms with Crippen molar-refractivity contribution in [2.45, 2.75) is 46.1 Å². The third-order valence-electron chi connectivity index (χ3n) is 7.20. The Balaban J connectivity index is 1.46. The van der Waals surface area contributed by atoms with Crippen LogP contribution >= 0.6 is 0 Å². The Hall–Kier alpha value is -3.80. The molecule has 0 fully saturated rings. The Labute approximate surface area is 205 Å². The predicted molar refractivity (Wildman–Crippen MR) is 132 cm³/mol. The monoisotopic (exact) mass is 471 g/mol. The Kier molecular flexibility index (Phi) is 5.97. The van der Waals surface area contributed by atoms with Crippen LogP contribution in [0.3, 0.4) is 0 Å². The fourth-order valence-corrected chi connectivity index (χ4v) is 5.04. The number of nitrogens with zero attached hydrogens (tertiary/aromatic N) is 1. The summed E-state index contributed by atoms with van der Waals surface area (Å²) in [4.78, 5) is 26.9. The zero-order chi connectivity index (χ0) is 24.7. The highest BCUT2D eigenvalue weighted by molar-refractivity contribution is 5.94. The lowest BCUT2D eigenvalue weighted by Gasteiger charge is -2.30. The van der Waals surface area contributed by atoms with E-state index in [1.54, 1.807) is 0 Å². The maximum absolute atomic E-state index is 13.2. The number of benzene rings is 3. The standard InChI is InChI=1S/C29H29NO5/c1-17-4-5-22(10-18(17)2)29(33)30-9-8-20-6-7-21(12-23(20)15-30)25(14-28(31)32)24-13-27-26(11-19(24)3)34-16-35-27/h4-7,10-13,25H,8-9,14-16H2,1-3H3,(H,31,32)/t25-/m1/s1. The summed E-state index contributed by atoms with van der Waals surface area (Å²) in [5, 5.41) is 9.70. The molecule has 0 saturated heterocycles. The molecule has 2 heterocycles. The third-order valence-corrected chi connectivity index (χ3v) is 7.20. The molecule has 3 aromatic carbocycles. The fourth-order valence-electron chi connectivity index (χ4n) is 5.04. The lowest BCUT2D eigenvalue weighted by Crippen LogP contribution is -2.36. The topological polar surface area (TPSA) is 76.1 Å². The van der Waals surface area contributed by atoms with Crippen molar-refractivity contribution in [1.29, 1.82) is 0 Å². The minimum atomic E-state index is -0.865. The van der Waals surface area contributed by atoms with Gasteiger partial charge in [-0.05, 0) is 90.4 Å². The maximum Gasteiger partial charge on any atom is 0.304 e. The first-order chi connectivity index (χ1) is 16.8. The van der Waals surface area contributed by atoms with Crippen molar-refractivity contribution < 1.29 is 24.2 Å². The molecule has 0 aromatic heterocycles. The molecule has 2 aliphatic rings. The largest absolute Gasteiger partial charge is 0.481 e. The van der Waals surface area contributed by atoms with E-state index in [0.29, 0.717) is 30.2 Å². The number of rotatable bonds is 5. The zero-order valence-corrected chi connectivity index (χ0v) is 20.3. The van der Waals surface area contributed by atoms with Crippen LogP contribution in [-0.2, 0) is 17.8 Å². The van der Waals surface area contributed by atoms with Gasteiger partial charge in [0.25, 0.3) is 5.91 Å². The van der Waals surface area contributed by atoms with E-state index in [9.17, 15) is 14.7 Å². The maximum atomic E-state index is 13.2. The van der Waals surface area contributed by atoms with E-state index in [4.69, 9.17) is 9.47 Å². The highest BCUT2D eigenvalue weighted by Gasteiger charge is 2.27. The van der Waals surface area contributed by atoms with Crippen molar-refractivity contribution in [3.63, 3.8) is 0 Å². The number of ether oxygens (including phenoxy) is 2. The van der Waals surface area contributed by atoms with Crippen molar-refractivity contribution in [2.24, 2.45) is 0 Å². The van der Waals surface area contributed by atoms with Gasteiger partial charge in [0, 0.05) is 24.6 Å². The van der Waals surface area contributed by atoms with E-state index in [0.717, 1.165) is 34.2 Å². The molecule has 0 radical (unpaired) electrons. The van der Waals surface area contributed by atoms with Crippen molar-refractivity contribution in [3.8, 4) is 11.5 Å². The summed E-state index contributed by atoms with van der Waals surface area (Å²) in [6, 6.07) is 15.8. The number of carbonyl (C=O) groups excluding carboxylic acids is 1. The molecule has 0 aliphatic carbocycles. The summed E-state index contributed by atoms with van der Waals surface area (Å²) < 4.78 is 11.0. The quantitative estimate of drug-likeness (QED) is 0.557. The molecule has 3 aromatic rings. The molecular formula is C29H29NO5. The second-order valence-electron chi connectivity index (χ2n) is 9.52. The van der Waals surface area contributed by atoms with Crippen molar-refractivity contribution in [3.05, 3.63) is 93.0 Å². The number of aliphatic carboxylic acids is 1. The molecule has 0 spiro atoms. The number of hydrogen-bond acceptors (Lipinski definition) is 4. The third kappa shape index (κ3) is 4.48. The van der Waals surface area contributed by atoms with Crippen LogP contribution in [0.25, 0.3) is 0 Å². The van der Waals surface area contributed by atoms with Crippen molar-refractivity contribution >= 4 is 11.9 Å². The summed E-state index contributed by atoms with van der Waals surface area (Å²) in [5.41, 5.74) is 8.04. The molecule has 1 amide bonds. The summed E-state index contributed by atoms with van der Waals surface area (Å²) in [5.74, 6) is 0.155. The van der Waals surface area contributed by atoms with Gasteiger partial charge in [0.15, 0.2) is 11.5 Å². The summed E-state index contributed by atoms with van der Waals surface area (Å²) >= 11 is 0. The molecule has 1 N–H and O–H groups in total. The van der Waals surface area contributed by atoms with Crippen molar-refractivity contribution in [1.82, 2.24) is 4.90 Å². The highest BCUT2D eigenvalue weighted by atomic mass is 16.7. The predicted octanol–water partition coefficient (Wildman–Crippen LogP) is 5.15. The molecule has 6 nitrogen and oxygen atoms in total. The molecule has 0 unspecified atom stereocenters. The van der Waals surface area contributed by atoms with Gasteiger partial charge in [-0.3, -0.25) is 9.59 Å². The fraction of sp³-hybridized carbons (Fsp3) is 0.310. The lowest BCUT2D eigenvalue weighted by molar-refractivity contribution is -0.137. The van der Waals surface area contributed by atoms with Crippen LogP contribution < -0.4 is 9.47 Å². The van der Waals surface area contributed by atoms with Gasteiger partial charge < -0.3 is 19.5 Å². The summed E-state index contributed by atoms with van der Waals surface area (Å²) in [7, 11) is 0. The SMILES string of the molecule is Cc1ccc(C(=O)N2CCc3ccc([C@@H](CC(=O)O)c4cc5c(cc4C)OCO5)cc3C2)cc1C. The van der Waals surface area contributed by atoms with Crippen LogP contribution in [-0.4, -0.2) is 35.2 Å². The van der Waals surface area contributed by atoms with E-state index in [2.05, 4.69) is 12.1 Å². The Bertz CT molecular complexity index is 1330. The first kappa shape index (κ1) is 23.0. The summed E-state index contributed by atoms with van der Waals surface area (Å²) in [6.07, 6.45) is 0.739. The van der Waals surface area contributed by atoms with Crippen LogP contribution in [0, 0.1) is 20.8 Å². The Morgan fingerprint density at radius 2 is 1.69 bits per heavy atom. The summed E-state index contributed by atoms with van der Waals surface area (Å²) in [6.45, 7) is 7.37. The molecular weight excluding hydrogens is 442 g/mol. The number of carboxylic acids is 1. The lowest BCUT2D eigenvalue weighted by atomic mass is 9.83. The number of carboxylic acid groups (broad SMARTS) is 1. The first-order valence-corrected chi connectivity index (χ1v) is 11.9. The van der Waals surface area contributed by atoms with Gasteiger partial charge in [-0.1, -0.05) is 24.3 Å². The number of carbonyl (C=O) groups is 2. The van der Waals surface area contributed by atoms with Gasteiger partial charge in [0.05, 0.1) is 6.42 Å². The van der Waals surface area contributed by atoms with Gasteiger partial charge in [0.2, 0.25) is 6.79 Å². The number of hydrogen-bond donors (Lipinski definition) is 1. The molecule has 180 valence electrons. The van der Waals surface area contributed by atoms with E-state index < -0.39 is 5.97 Å². The normalized spacial score (nSPS) is 15.0. The second kappa shape index (κ2) is 9.10. The van der Waals surface area contributed by atoms with Gasteiger partial charge in [-0.15, -0.1) is 0 Å². The average molecular weight is 472 g/mol. The van der Waals surface area contributed by atoms with E-state index in [-0.39, 0.29) is 25.0 Å². The van der Waals surface area contributed by atoms with Crippen LogP contribution in [0.5, 0.6) is 11.5 Å². The van der Waals surface area contributed by atoms with E-state index in [1.807, 2.05) is 62.1 Å². The second-order valence-corrected chi connectivity index (χ2v) is 9.52. The van der Waals surface area contributed by atoms with Gasteiger partial charge in [-0.2, -0.15) is 0 Å². The van der Waals surface area contributed by atoms with Gasteiger partial charge >= 0.3 is 5.97 Å². The van der Waals surface area contributed by atoms with Gasteiger partial charge in [0.1, 0.15) is 0 Å². The van der Waals surface area contributed by atoms with Crippen LogP contribution in [0.4, 0.5) is 0 Å². The van der Waals surface area contributed by atoms with Crippen LogP contribution in [0.2, 0.25) is 0 Å². The Morgan fingerprint density at radius 1 is 0.914 bits per heavy atom. The molecule has 5 rings (SSSR count). The smallest absolute Gasteiger partial charge is 0.304 e. The van der Waals surface area contributed by atoms with E-state index >= 15 is 0 Å². The molecule has 2 aliphatic heterocycles. The van der Waals surface area contributed by atoms with E-state index in [1.165, 1.54) is 11.1 Å². The molecule has 0 bridgehead atoms. The first-order valence-electron chi connectivity index (χ1n) is 11.9. The minimum absolute atomic E-state index is 0.0258. The number of aryl methyl sites for hydroxylation is 3. The Morgan fingerprint density at radius 3 is 2.43 bits per heavy atom. The highest BCUT2D eigenvalue weighted by Crippen LogP contribution is 2.40. The van der Waals surface area contributed by atoms with Gasteiger partial charge in [-0.25, -0.2) is 0 Å². The minimum Gasteiger partial charge on any atom is -0.481 e. The molecule has 35 heavy (non-hydrogen) atoms. The molecule has 0 saturated carbocycles. The molecule has 6 heteroatoms. The zero-order valence-electron chi connectivity index (χ0n) is 20.3. The number of fused-ring (bicyclic) bond motifs is 2. The average Bonchev–Trinajstić information content (AvgIpc) is 3.29. The number of amides is 1. The van der Waals surface area contributed by atoms with Crippen LogP contribution in [0.15, 0.2) is 48.5 Å². The molecule has 1 atom stereocenters.